The molecule has 0 aromatic carbocycles. The van der Waals surface area contributed by atoms with Gasteiger partial charge in [0.1, 0.15) is 11.0 Å². The average molecular weight is 254 g/mol. The summed E-state index contributed by atoms with van der Waals surface area (Å²) in [7, 11) is 0. The van der Waals surface area contributed by atoms with Gasteiger partial charge in [-0.1, -0.05) is 24.9 Å². The number of pyridine rings is 1. The maximum Gasteiger partial charge on any atom is 0.254 e. The second-order valence-corrected chi connectivity index (χ2v) is 4.80. The first-order valence-corrected chi connectivity index (χ1v) is 6.20. The van der Waals surface area contributed by atoms with Crippen molar-refractivity contribution in [2.24, 2.45) is 5.92 Å². The third-order valence-corrected chi connectivity index (χ3v) is 3.40. The van der Waals surface area contributed by atoms with Crippen molar-refractivity contribution in [2.75, 3.05) is 18.8 Å². The molecule has 5 heteroatoms. The SMILES string of the molecule is CCC1CCN(C(=O)c2cc(N)nc(Cl)c2)C1. The van der Waals surface area contributed by atoms with Crippen molar-refractivity contribution >= 4 is 23.3 Å². The Hall–Kier alpha value is -1.29. The van der Waals surface area contributed by atoms with Gasteiger partial charge in [-0.15, -0.1) is 0 Å². The molecule has 0 radical (unpaired) electrons. The Morgan fingerprint density at radius 3 is 3.00 bits per heavy atom. The van der Waals surface area contributed by atoms with Gasteiger partial charge < -0.3 is 10.6 Å². The van der Waals surface area contributed by atoms with Gasteiger partial charge in [-0.2, -0.15) is 0 Å². The molecule has 1 aliphatic heterocycles. The topological polar surface area (TPSA) is 59.2 Å². The lowest BCUT2D eigenvalue weighted by atomic mass is 10.1. The molecule has 1 aromatic rings. The van der Waals surface area contributed by atoms with Crippen LogP contribution in [0.25, 0.3) is 0 Å². The van der Waals surface area contributed by atoms with E-state index in [1.165, 1.54) is 0 Å². The quantitative estimate of drug-likeness (QED) is 0.822. The minimum absolute atomic E-state index is 0.00282. The largest absolute Gasteiger partial charge is 0.384 e. The van der Waals surface area contributed by atoms with E-state index in [1.54, 1.807) is 12.1 Å². The van der Waals surface area contributed by atoms with Gasteiger partial charge in [-0.25, -0.2) is 4.98 Å². The number of anilines is 1. The van der Waals surface area contributed by atoms with Crippen LogP contribution in [0.2, 0.25) is 5.15 Å². The normalized spacial score (nSPS) is 19.6. The molecule has 0 bridgehead atoms. The summed E-state index contributed by atoms with van der Waals surface area (Å²) in [5, 5.41) is 0.264. The second kappa shape index (κ2) is 4.92. The highest BCUT2D eigenvalue weighted by Crippen LogP contribution is 2.22. The van der Waals surface area contributed by atoms with Crippen LogP contribution >= 0.6 is 11.6 Å². The Labute approximate surface area is 106 Å². The van der Waals surface area contributed by atoms with Gasteiger partial charge in [0.05, 0.1) is 0 Å². The molecule has 1 unspecified atom stereocenters. The van der Waals surface area contributed by atoms with Crippen LogP contribution in [0.5, 0.6) is 0 Å². The molecule has 2 heterocycles. The molecule has 0 saturated carbocycles. The summed E-state index contributed by atoms with van der Waals surface area (Å²) >= 11 is 5.79. The highest BCUT2D eigenvalue weighted by molar-refractivity contribution is 6.29. The van der Waals surface area contributed by atoms with Gasteiger partial charge in [0, 0.05) is 18.7 Å². The third kappa shape index (κ3) is 2.69. The molecule has 1 aromatic heterocycles. The van der Waals surface area contributed by atoms with E-state index in [-0.39, 0.29) is 16.9 Å². The van der Waals surface area contributed by atoms with Crippen molar-refractivity contribution in [3.8, 4) is 0 Å². The number of aromatic nitrogens is 1. The first-order valence-electron chi connectivity index (χ1n) is 5.82. The van der Waals surface area contributed by atoms with E-state index in [2.05, 4.69) is 11.9 Å². The summed E-state index contributed by atoms with van der Waals surface area (Å²) in [5.41, 5.74) is 6.11. The predicted octanol–water partition coefficient (Wildman–Crippen LogP) is 2.19. The van der Waals surface area contributed by atoms with Crippen molar-refractivity contribution < 1.29 is 4.79 Å². The van der Waals surface area contributed by atoms with Crippen LogP contribution in [0.1, 0.15) is 30.1 Å². The number of carbonyl (C=O) groups is 1. The standard InChI is InChI=1S/C12H16ClN3O/c1-2-8-3-4-16(7-8)12(17)9-5-10(13)15-11(14)6-9/h5-6,8H,2-4,7H2,1H3,(H2,14,15). The summed E-state index contributed by atoms with van der Waals surface area (Å²) in [5.74, 6) is 0.901. The van der Waals surface area contributed by atoms with E-state index in [9.17, 15) is 4.79 Å². The predicted molar refractivity (Wildman–Crippen MR) is 68.0 cm³/mol. The molecule has 2 N–H and O–H groups in total. The molecule has 4 nitrogen and oxygen atoms in total. The number of nitrogens with two attached hydrogens (primary N) is 1. The first-order chi connectivity index (χ1) is 8.10. The highest BCUT2D eigenvalue weighted by atomic mass is 35.5. The number of nitrogens with zero attached hydrogens (tertiary/aromatic N) is 2. The molecule has 1 atom stereocenters. The van der Waals surface area contributed by atoms with Crippen LogP contribution in [0.15, 0.2) is 12.1 Å². The van der Waals surface area contributed by atoms with Crippen LogP contribution in [0.3, 0.4) is 0 Å². The van der Waals surface area contributed by atoms with E-state index in [4.69, 9.17) is 17.3 Å². The Bertz CT molecular complexity index is 416. The molecule has 0 spiro atoms. The number of carbonyl (C=O) groups excluding carboxylic acids is 1. The van der Waals surface area contributed by atoms with E-state index in [0.717, 1.165) is 25.9 Å². The summed E-state index contributed by atoms with van der Waals surface area (Å²) < 4.78 is 0. The maximum absolute atomic E-state index is 12.2. The molecule has 1 saturated heterocycles. The number of nitrogen functional groups attached to an aromatic ring is 1. The second-order valence-electron chi connectivity index (χ2n) is 4.42. The number of likely N-dealkylation sites (tertiary alicyclic amines) is 1. The van der Waals surface area contributed by atoms with E-state index in [0.29, 0.717) is 11.5 Å². The minimum atomic E-state index is -0.00282. The number of rotatable bonds is 2. The lowest BCUT2D eigenvalue weighted by Crippen LogP contribution is -2.28. The Morgan fingerprint density at radius 1 is 1.65 bits per heavy atom. The van der Waals surface area contributed by atoms with Crippen LogP contribution in [0.4, 0.5) is 5.82 Å². The minimum Gasteiger partial charge on any atom is -0.384 e. The summed E-state index contributed by atoms with van der Waals surface area (Å²) in [6, 6.07) is 3.15. The average Bonchev–Trinajstić information content (AvgIpc) is 2.75. The van der Waals surface area contributed by atoms with Crippen molar-refractivity contribution in [1.29, 1.82) is 0 Å². The lowest BCUT2D eigenvalue weighted by Gasteiger charge is -2.16. The monoisotopic (exact) mass is 253 g/mol. The Balaban J connectivity index is 2.14. The van der Waals surface area contributed by atoms with E-state index >= 15 is 0 Å². The zero-order valence-electron chi connectivity index (χ0n) is 9.82. The fourth-order valence-electron chi connectivity index (χ4n) is 2.17. The molecule has 1 amide bonds. The molecule has 1 fully saturated rings. The van der Waals surface area contributed by atoms with Crippen molar-refractivity contribution in [3.63, 3.8) is 0 Å². The van der Waals surface area contributed by atoms with Crippen LogP contribution in [-0.2, 0) is 0 Å². The molecule has 0 aliphatic carbocycles. The zero-order chi connectivity index (χ0) is 12.4. The highest BCUT2D eigenvalue weighted by Gasteiger charge is 2.26. The third-order valence-electron chi connectivity index (χ3n) is 3.21. The smallest absolute Gasteiger partial charge is 0.254 e. The fraction of sp³-hybridized carbons (Fsp3) is 0.500. The maximum atomic E-state index is 12.2. The van der Waals surface area contributed by atoms with E-state index in [1.807, 2.05) is 4.90 Å². The molecule has 1 aliphatic rings. The van der Waals surface area contributed by atoms with Crippen LogP contribution in [-0.4, -0.2) is 28.9 Å². The van der Waals surface area contributed by atoms with Gasteiger partial charge >= 0.3 is 0 Å². The molecule has 92 valence electrons. The number of halogens is 1. The molecular weight excluding hydrogens is 238 g/mol. The Kier molecular flexibility index (Phi) is 3.52. The van der Waals surface area contributed by atoms with Gasteiger partial charge in [0.15, 0.2) is 0 Å². The van der Waals surface area contributed by atoms with E-state index < -0.39 is 0 Å². The summed E-state index contributed by atoms with van der Waals surface area (Å²) in [4.78, 5) is 17.9. The van der Waals surface area contributed by atoms with Gasteiger partial charge in [-0.05, 0) is 24.5 Å². The van der Waals surface area contributed by atoms with Crippen LogP contribution in [0, 0.1) is 5.92 Å². The van der Waals surface area contributed by atoms with Crippen molar-refractivity contribution in [3.05, 3.63) is 22.8 Å². The fourth-order valence-corrected chi connectivity index (χ4v) is 2.39. The Morgan fingerprint density at radius 2 is 2.41 bits per heavy atom. The van der Waals surface area contributed by atoms with Crippen molar-refractivity contribution in [2.45, 2.75) is 19.8 Å². The van der Waals surface area contributed by atoms with Gasteiger partial charge in [-0.3, -0.25) is 4.79 Å². The van der Waals surface area contributed by atoms with Crippen molar-refractivity contribution in [1.82, 2.24) is 9.88 Å². The number of hydrogen-bond donors (Lipinski definition) is 1. The summed E-state index contributed by atoms with van der Waals surface area (Å²) in [6.45, 7) is 3.80. The lowest BCUT2D eigenvalue weighted by molar-refractivity contribution is 0.0787. The number of amides is 1. The van der Waals surface area contributed by atoms with Crippen LogP contribution < -0.4 is 5.73 Å². The van der Waals surface area contributed by atoms with Gasteiger partial charge in [0.2, 0.25) is 0 Å². The molecule has 2 rings (SSSR count). The molecule has 17 heavy (non-hydrogen) atoms. The first kappa shape index (κ1) is 12.2. The van der Waals surface area contributed by atoms with Gasteiger partial charge in [0.25, 0.3) is 5.91 Å². The summed E-state index contributed by atoms with van der Waals surface area (Å²) in [6.07, 6.45) is 2.19. The number of hydrogen-bond acceptors (Lipinski definition) is 3. The zero-order valence-corrected chi connectivity index (χ0v) is 10.6. The molecular formula is C12H16ClN3O.